The molecule has 1 rings (SSSR count). The zero-order valence-electron chi connectivity index (χ0n) is 14.0. The van der Waals surface area contributed by atoms with Crippen molar-refractivity contribution in [1.29, 1.82) is 0 Å². The molecule has 0 bridgehead atoms. The molecule has 1 fully saturated rings. The quantitative estimate of drug-likeness (QED) is 0.700. The average Bonchev–Trinajstić information content (AvgIpc) is 2.42. The van der Waals surface area contributed by atoms with Gasteiger partial charge in [-0.25, -0.2) is 0 Å². The highest BCUT2D eigenvalue weighted by Crippen LogP contribution is 2.18. The Morgan fingerprint density at radius 3 is 1.79 bits per heavy atom. The maximum absolute atomic E-state index is 2.67. The summed E-state index contributed by atoms with van der Waals surface area (Å²) < 4.78 is 0. The molecule has 118 valence electrons. The second kappa shape index (κ2) is 14.7. The highest BCUT2D eigenvalue weighted by Gasteiger charge is 2.19. The van der Waals surface area contributed by atoms with Crippen LogP contribution in [0.5, 0.6) is 0 Å². The van der Waals surface area contributed by atoms with Gasteiger partial charge in [-0.1, -0.05) is 34.6 Å². The van der Waals surface area contributed by atoms with Crippen LogP contribution in [0.2, 0.25) is 0 Å². The largest absolute Gasteiger partial charge is 0.304 e. The van der Waals surface area contributed by atoms with Crippen molar-refractivity contribution in [1.82, 2.24) is 9.80 Å². The van der Waals surface area contributed by atoms with E-state index in [9.17, 15) is 0 Å². The van der Waals surface area contributed by atoms with Crippen LogP contribution in [0.15, 0.2) is 0 Å². The van der Waals surface area contributed by atoms with Crippen molar-refractivity contribution in [3.8, 4) is 0 Å². The number of hydrogen-bond donors (Lipinski definition) is 0. The van der Waals surface area contributed by atoms with Gasteiger partial charge in [0.1, 0.15) is 0 Å². The minimum atomic E-state index is 0. The van der Waals surface area contributed by atoms with Gasteiger partial charge in [-0.05, 0) is 64.3 Å². The molecule has 0 aromatic rings. The first-order valence-electron chi connectivity index (χ1n) is 8.24. The summed E-state index contributed by atoms with van der Waals surface area (Å²) >= 11 is 0. The Hall–Kier alpha value is 0.270. The van der Waals surface area contributed by atoms with E-state index in [1.165, 1.54) is 65.0 Å². The highest BCUT2D eigenvalue weighted by molar-refractivity contribution is 7.59. The van der Waals surface area contributed by atoms with Crippen molar-refractivity contribution >= 4 is 13.5 Å². The average molecular weight is 291 g/mol. The van der Waals surface area contributed by atoms with Crippen LogP contribution in [-0.4, -0.2) is 49.1 Å². The van der Waals surface area contributed by atoms with Crippen LogP contribution in [-0.2, 0) is 0 Å². The highest BCUT2D eigenvalue weighted by atomic mass is 32.1. The van der Waals surface area contributed by atoms with Crippen LogP contribution in [0, 0.1) is 5.92 Å². The van der Waals surface area contributed by atoms with Gasteiger partial charge in [0.15, 0.2) is 0 Å². The first kappa shape index (κ1) is 21.6. The Kier molecular flexibility index (Phi) is 16.7. The van der Waals surface area contributed by atoms with Crippen LogP contribution in [0.4, 0.5) is 0 Å². The molecule has 0 spiro atoms. The van der Waals surface area contributed by atoms with Gasteiger partial charge in [-0.2, -0.15) is 13.5 Å². The Morgan fingerprint density at radius 1 is 0.947 bits per heavy atom. The van der Waals surface area contributed by atoms with Crippen LogP contribution in [0.1, 0.15) is 60.3 Å². The lowest BCUT2D eigenvalue weighted by Crippen LogP contribution is -2.39. The zero-order chi connectivity index (χ0) is 13.8. The van der Waals surface area contributed by atoms with Crippen LogP contribution in [0.3, 0.4) is 0 Å². The first-order chi connectivity index (χ1) is 8.80. The lowest BCUT2D eigenvalue weighted by Gasteiger charge is -2.34. The minimum Gasteiger partial charge on any atom is -0.304 e. The van der Waals surface area contributed by atoms with Crippen molar-refractivity contribution in [2.24, 2.45) is 5.92 Å². The third-order valence-corrected chi connectivity index (χ3v) is 3.75. The van der Waals surface area contributed by atoms with Crippen molar-refractivity contribution < 1.29 is 0 Å². The summed E-state index contributed by atoms with van der Waals surface area (Å²) in [6, 6.07) is 0. The molecule has 0 radical (unpaired) electrons. The van der Waals surface area contributed by atoms with E-state index in [-0.39, 0.29) is 13.5 Å². The van der Waals surface area contributed by atoms with E-state index in [0.717, 1.165) is 5.92 Å². The fourth-order valence-corrected chi connectivity index (χ4v) is 2.78. The van der Waals surface area contributed by atoms with E-state index in [0.29, 0.717) is 0 Å². The molecule has 0 unspecified atom stereocenters. The van der Waals surface area contributed by atoms with E-state index in [1.807, 2.05) is 13.8 Å². The summed E-state index contributed by atoms with van der Waals surface area (Å²) in [7, 11) is 0. The number of likely N-dealkylation sites (tertiary alicyclic amines) is 1. The smallest absolute Gasteiger partial charge is 0.00106 e. The van der Waals surface area contributed by atoms with E-state index >= 15 is 0 Å². The Balaban J connectivity index is 0. The summed E-state index contributed by atoms with van der Waals surface area (Å²) in [4.78, 5) is 5.26. The summed E-state index contributed by atoms with van der Waals surface area (Å²) in [5.41, 5.74) is 0. The number of rotatable bonds is 7. The predicted molar refractivity (Wildman–Crippen MR) is 93.6 cm³/mol. The second-order valence-corrected chi connectivity index (χ2v) is 5.18. The number of nitrogens with zero attached hydrogens (tertiary/aromatic N) is 2. The maximum atomic E-state index is 2.67. The third-order valence-electron chi connectivity index (χ3n) is 3.75. The van der Waals surface area contributed by atoms with Gasteiger partial charge in [0.2, 0.25) is 0 Å². The van der Waals surface area contributed by atoms with Gasteiger partial charge in [0, 0.05) is 6.54 Å². The van der Waals surface area contributed by atoms with E-state index < -0.39 is 0 Å². The normalized spacial score (nSPS) is 16.7. The number of hydrogen-bond acceptors (Lipinski definition) is 2. The van der Waals surface area contributed by atoms with Gasteiger partial charge < -0.3 is 9.80 Å². The summed E-state index contributed by atoms with van der Waals surface area (Å²) in [5, 5.41) is 0. The molecule has 0 aromatic heterocycles. The fraction of sp³-hybridized carbons (Fsp3) is 1.00. The van der Waals surface area contributed by atoms with Crippen molar-refractivity contribution in [3.63, 3.8) is 0 Å². The monoisotopic (exact) mass is 290 g/mol. The van der Waals surface area contributed by atoms with Crippen LogP contribution < -0.4 is 0 Å². The van der Waals surface area contributed by atoms with Crippen molar-refractivity contribution in [2.45, 2.75) is 60.3 Å². The van der Waals surface area contributed by atoms with Gasteiger partial charge in [-0.3, -0.25) is 0 Å². The Bertz CT molecular complexity index is 162. The van der Waals surface area contributed by atoms with Gasteiger partial charge >= 0.3 is 0 Å². The molecule has 0 amide bonds. The van der Waals surface area contributed by atoms with Crippen LogP contribution >= 0.6 is 13.5 Å². The standard InChI is InChI=1S/C14H30N2.C2H6.H2S/c1-4-9-16(10-5-2)13-14-7-11-15(6-3)12-8-14;1-2;/h14H,4-13H2,1-3H3;1-2H3;1H2. The van der Waals surface area contributed by atoms with E-state index in [4.69, 9.17) is 0 Å². The lowest BCUT2D eigenvalue weighted by molar-refractivity contribution is 0.147. The minimum absolute atomic E-state index is 0. The molecule has 19 heavy (non-hydrogen) atoms. The van der Waals surface area contributed by atoms with Gasteiger partial charge in [-0.15, -0.1) is 0 Å². The first-order valence-corrected chi connectivity index (χ1v) is 8.24. The molecule has 0 saturated carbocycles. The summed E-state index contributed by atoms with van der Waals surface area (Å²) in [5.74, 6) is 0.959. The molecule has 1 saturated heterocycles. The lowest BCUT2D eigenvalue weighted by atomic mass is 9.96. The topological polar surface area (TPSA) is 6.48 Å². The van der Waals surface area contributed by atoms with Crippen LogP contribution in [0.25, 0.3) is 0 Å². The zero-order valence-corrected chi connectivity index (χ0v) is 15.0. The molecule has 1 aliphatic rings. The summed E-state index contributed by atoms with van der Waals surface area (Å²) in [6.45, 7) is 18.7. The predicted octanol–water partition coefficient (Wildman–Crippen LogP) is 3.98. The molecule has 0 aromatic carbocycles. The fourth-order valence-electron chi connectivity index (χ4n) is 2.78. The maximum Gasteiger partial charge on any atom is 0.00106 e. The van der Waals surface area contributed by atoms with Crippen molar-refractivity contribution in [2.75, 3.05) is 39.3 Å². The van der Waals surface area contributed by atoms with Crippen molar-refractivity contribution in [3.05, 3.63) is 0 Å². The molecule has 0 atom stereocenters. The van der Waals surface area contributed by atoms with E-state index in [2.05, 4.69) is 30.6 Å². The summed E-state index contributed by atoms with van der Waals surface area (Å²) in [6.07, 6.45) is 5.43. The molecule has 1 aliphatic heterocycles. The molecular formula is C16H38N2S. The number of piperidine rings is 1. The Labute approximate surface area is 129 Å². The molecule has 0 aliphatic carbocycles. The molecule has 0 N–H and O–H groups in total. The SMILES string of the molecule is CC.CCCN(CCC)CC1CCN(CC)CC1.S. The molecule has 1 heterocycles. The molecular weight excluding hydrogens is 252 g/mol. The van der Waals surface area contributed by atoms with Gasteiger partial charge in [0.05, 0.1) is 0 Å². The Morgan fingerprint density at radius 2 is 1.42 bits per heavy atom. The van der Waals surface area contributed by atoms with Gasteiger partial charge in [0.25, 0.3) is 0 Å². The second-order valence-electron chi connectivity index (χ2n) is 5.18. The van der Waals surface area contributed by atoms with E-state index in [1.54, 1.807) is 0 Å². The molecule has 3 heteroatoms. The third kappa shape index (κ3) is 9.75. The molecule has 2 nitrogen and oxygen atoms in total.